The lowest BCUT2D eigenvalue weighted by Crippen LogP contribution is -2.20. The molecular weight excluding hydrogens is 310 g/mol. The van der Waals surface area contributed by atoms with E-state index in [0.717, 1.165) is 5.82 Å². The summed E-state index contributed by atoms with van der Waals surface area (Å²) >= 11 is 0. The number of pyridine rings is 1. The second kappa shape index (κ2) is 6.86. The SMILES string of the molecule is CNc1ccc(OC)c2nc(NC(=O)COc3ccccc3)nn12. The number of hydrogen-bond acceptors (Lipinski definition) is 6. The van der Waals surface area contributed by atoms with Crippen LogP contribution in [0.3, 0.4) is 0 Å². The number of benzene rings is 1. The van der Waals surface area contributed by atoms with E-state index in [1.165, 1.54) is 0 Å². The number of amides is 1. The predicted octanol–water partition coefficient (Wildman–Crippen LogP) is 1.80. The molecule has 2 heterocycles. The Labute approximate surface area is 138 Å². The molecule has 8 nitrogen and oxygen atoms in total. The predicted molar refractivity (Wildman–Crippen MR) is 89.7 cm³/mol. The van der Waals surface area contributed by atoms with Gasteiger partial charge in [-0.2, -0.15) is 9.50 Å². The summed E-state index contributed by atoms with van der Waals surface area (Å²) in [6, 6.07) is 12.7. The molecule has 0 saturated carbocycles. The van der Waals surface area contributed by atoms with E-state index in [0.29, 0.717) is 17.1 Å². The lowest BCUT2D eigenvalue weighted by Gasteiger charge is -2.05. The van der Waals surface area contributed by atoms with Crippen molar-refractivity contribution < 1.29 is 14.3 Å². The first-order valence-corrected chi connectivity index (χ1v) is 7.30. The zero-order valence-corrected chi connectivity index (χ0v) is 13.3. The zero-order chi connectivity index (χ0) is 16.9. The van der Waals surface area contributed by atoms with Crippen molar-refractivity contribution in [2.45, 2.75) is 0 Å². The van der Waals surface area contributed by atoms with E-state index in [1.54, 1.807) is 36.9 Å². The first-order valence-electron chi connectivity index (χ1n) is 7.30. The highest BCUT2D eigenvalue weighted by Crippen LogP contribution is 2.23. The van der Waals surface area contributed by atoms with Gasteiger partial charge in [0.1, 0.15) is 11.6 Å². The van der Waals surface area contributed by atoms with Crippen molar-refractivity contribution in [2.75, 3.05) is 31.4 Å². The number of aromatic nitrogens is 3. The van der Waals surface area contributed by atoms with E-state index >= 15 is 0 Å². The van der Waals surface area contributed by atoms with Gasteiger partial charge >= 0.3 is 0 Å². The molecular formula is C16H17N5O3. The van der Waals surface area contributed by atoms with Crippen molar-refractivity contribution >= 4 is 23.3 Å². The van der Waals surface area contributed by atoms with Crippen molar-refractivity contribution in [3.05, 3.63) is 42.5 Å². The van der Waals surface area contributed by atoms with Crippen molar-refractivity contribution in [3.8, 4) is 11.5 Å². The molecule has 24 heavy (non-hydrogen) atoms. The first kappa shape index (κ1) is 15.6. The number of nitrogens with one attached hydrogen (secondary N) is 2. The molecule has 0 bridgehead atoms. The summed E-state index contributed by atoms with van der Waals surface area (Å²) in [6.07, 6.45) is 0. The molecule has 0 aliphatic carbocycles. The Kier molecular flexibility index (Phi) is 4.46. The lowest BCUT2D eigenvalue weighted by atomic mass is 10.3. The molecule has 0 unspecified atom stereocenters. The number of anilines is 2. The number of carbonyl (C=O) groups is 1. The molecule has 0 aliphatic heterocycles. The number of hydrogen-bond donors (Lipinski definition) is 2. The number of fused-ring (bicyclic) bond motifs is 1. The fraction of sp³-hybridized carbons (Fsp3) is 0.188. The monoisotopic (exact) mass is 327 g/mol. The Morgan fingerprint density at radius 1 is 1.21 bits per heavy atom. The number of methoxy groups -OCH3 is 1. The van der Waals surface area contributed by atoms with E-state index in [2.05, 4.69) is 20.7 Å². The largest absolute Gasteiger partial charge is 0.493 e. The molecule has 2 N–H and O–H groups in total. The van der Waals surface area contributed by atoms with Gasteiger partial charge in [-0.15, -0.1) is 5.10 Å². The van der Waals surface area contributed by atoms with Crippen molar-refractivity contribution in [2.24, 2.45) is 0 Å². The van der Waals surface area contributed by atoms with Crippen LogP contribution < -0.4 is 20.1 Å². The molecule has 1 amide bonds. The Bertz CT molecular complexity index is 807. The first-order chi connectivity index (χ1) is 11.7. The summed E-state index contributed by atoms with van der Waals surface area (Å²) in [5, 5.41) is 9.88. The summed E-state index contributed by atoms with van der Waals surface area (Å²) < 4.78 is 12.2. The standard InChI is InChI=1S/C16H17N5O3/c1-17-13-9-8-12(23-2)15-19-16(20-21(13)15)18-14(22)10-24-11-6-4-3-5-7-11/h3-9,17H,10H2,1-2H3,(H,18,20,22). The molecule has 2 aromatic heterocycles. The minimum absolute atomic E-state index is 0.129. The van der Waals surface area contributed by atoms with Gasteiger partial charge in [-0.05, 0) is 24.3 Å². The van der Waals surface area contributed by atoms with E-state index in [-0.39, 0.29) is 18.5 Å². The van der Waals surface area contributed by atoms with Crippen molar-refractivity contribution in [1.29, 1.82) is 0 Å². The van der Waals surface area contributed by atoms with E-state index in [1.807, 2.05) is 24.3 Å². The van der Waals surface area contributed by atoms with E-state index in [9.17, 15) is 4.79 Å². The van der Waals surface area contributed by atoms with Gasteiger partial charge in [-0.3, -0.25) is 10.1 Å². The molecule has 124 valence electrons. The third kappa shape index (κ3) is 3.22. The summed E-state index contributed by atoms with van der Waals surface area (Å²) in [5.41, 5.74) is 0.503. The highest BCUT2D eigenvalue weighted by atomic mass is 16.5. The van der Waals surface area contributed by atoms with Crippen LogP contribution in [0, 0.1) is 0 Å². The van der Waals surface area contributed by atoms with Crippen molar-refractivity contribution in [1.82, 2.24) is 14.6 Å². The molecule has 0 aliphatic rings. The third-order valence-corrected chi connectivity index (χ3v) is 3.29. The van der Waals surface area contributed by atoms with Gasteiger partial charge in [-0.1, -0.05) is 18.2 Å². The van der Waals surface area contributed by atoms with Crippen LogP contribution >= 0.6 is 0 Å². The van der Waals surface area contributed by atoms with Gasteiger partial charge in [0.15, 0.2) is 12.4 Å². The molecule has 0 spiro atoms. The quantitative estimate of drug-likeness (QED) is 0.717. The van der Waals surface area contributed by atoms with Crippen molar-refractivity contribution in [3.63, 3.8) is 0 Å². The van der Waals surface area contributed by atoms with E-state index in [4.69, 9.17) is 9.47 Å². The fourth-order valence-electron chi connectivity index (χ4n) is 2.17. The third-order valence-electron chi connectivity index (χ3n) is 3.29. The molecule has 3 rings (SSSR count). The van der Waals surface area contributed by atoms with Crippen LogP contribution in [0.4, 0.5) is 11.8 Å². The second-order valence-electron chi connectivity index (χ2n) is 4.86. The number of nitrogens with zero attached hydrogens (tertiary/aromatic N) is 3. The van der Waals surface area contributed by atoms with Gasteiger partial charge in [-0.25, -0.2) is 0 Å². The number of ether oxygens (including phenoxy) is 2. The molecule has 3 aromatic rings. The summed E-state index contributed by atoms with van der Waals surface area (Å²) in [4.78, 5) is 16.3. The maximum Gasteiger partial charge on any atom is 0.264 e. The smallest absolute Gasteiger partial charge is 0.264 e. The summed E-state index contributed by atoms with van der Waals surface area (Å²) in [7, 11) is 3.32. The van der Waals surface area contributed by atoms with Crippen LogP contribution in [0.25, 0.3) is 5.65 Å². The molecule has 0 saturated heterocycles. The van der Waals surface area contributed by atoms with Crippen LogP contribution in [-0.4, -0.2) is 41.3 Å². The Morgan fingerprint density at radius 2 is 2.00 bits per heavy atom. The van der Waals surface area contributed by atoms with Gasteiger partial charge in [0, 0.05) is 7.05 Å². The number of rotatable bonds is 6. The Morgan fingerprint density at radius 3 is 2.71 bits per heavy atom. The van der Waals surface area contributed by atoms with Crippen LogP contribution in [0.2, 0.25) is 0 Å². The van der Waals surface area contributed by atoms with Crippen LogP contribution in [0.5, 0.6) is 11.5 Å². The highest BCUT2D eigenvalue weighted by molar-refractivity contribution is 5.90. The number of para-hydroxylation sites is 1. The van der Waals surface area contributed by atoms with Crippen LogP contribution in [0.15, 0.2) is 42.5 Å². The van der Waals surface area contributed by atoms with Gasteiger partial charge < -0.3 is 14.8 Å². The Hall–Kier alpha value is -3.29. The van der Waals surface area contributed by atoms with Crippen LogP contribution in [0.1, 0.15) is 0 Å². The maximum atomic E-state index is 12.0. The molecule has 0 atom stereocenters. The average molecular weight is 327 g/mol. The van der Waals surface area contributed by atoms with Gasteiger partial charge in [0.25, 0.3) is 5.91 Å². The van der Waals surface area contributed by atoms with Gasteiger partial charge in [0.2, 0.25) is 11.6 Å². The van der Waals surface area contributed by atoms with E-state index < -0.39 is 0 Å². The second-order valence-corrected chi connectivity index (χ2v) is 4.86. The van der Waals surface area contributed by atoms with Gasteiger partial charge in [0.05, 0.1) is 7.11 Å². The fourth-order valence-corrected chi connectivity index (χ4v) is 2.17. The molecule has 1 aromatic carbocycles. The minimum atomic E-state index is -0.347. The molecule has 0 fully saturated rings. The zero-order valence-electron chi connectivity index (χ0n) is 13.3. The summed E-state index contributed by atoms with van der Waals surface area (Å²) in [6.45, 7) is -0.129. The number of carbonyl (C=O) groups excluding carboxylic acids is 1. The van der Waals surface area contributed by atoms with Crippen LogP contribution in [-0.2, 0) is 4.79 Å². The minimum Gasteiger partial charge on any atom is -0.493 e. The average Bonchev–Trinajstić information content (AvgIpc) is 3.03. The highest BCUT2D eigenvalue weighted by Gasteiger charge is 2.14. The lowest BCUT2D eigenvalue weighted by molar-refractivity contribution is -0.118. The Balaban J connectivity index is 1.74. The maximum absolute atomic E-state index is 12.0. The molecule has 0 radical (unpaired) electrons. The molecule has 8 heteroatoms. The normalized spacial score (nSPS) is 10.4. The topological polar surface area (TPSA) is 89.8 Å². The summed E-state index contributed by atoms with van der Waals surface area (Å²) in [5.74, 6) is 1.73.